The fourth-order valence-electron chi connectivity index (χ4n) is 2.43. The lowest BCUT2D eigenvalue weighted by Crippen LogP contribution is -2.78. The fraction of sp³-hybridized carbons (Fsp3) is 0.667. The zero-order valence-corrected chi connectivity index (χ0v) is 14.4. The van der Waals surface area contributed by atoms with Gasteiger partial charge in [0.05, 0.1) is 6.10 Å². The third-order valence-corrected chi connectivity index (χ3v) is 4.16. The standard InChI is InChI=1S/C15H22O10/c1-6(16)10(20)12(22)15(25,9(4)19)13(5,23)14(24,8(3)18)11(21)7(2)17/h6,10,16,20,23-25H,1-5H3/t6?,10?,13-,14+,15-/m0/s1. The molecule has 0 fully saturated rings. The van der Waals surface area contributed by atoms with Crippen molar-refractivity contribution in [2.24, 2.45) is 0 Å². The molecular weight excluding hydrogens is 340 g/mol. The molecule has 0 aromatic heterocycles. The molecule has 0 rings (SSSR count). The predicted octanol–water partition coefficient (Wildman–Crippen LogP) is -3.15. The van der Waals surface area contributed by atoms with Crippen LogP contribution in [0.3, 0.4) is 0 Å². The highest BCUT2D eigenvalue weighted by atomic mass is 16.4. The number of hydrogen-bond acceptors (Lipinski definition) is 10. The van der Waals surface area contributed by atoms with Crippen molar-refractivity contribution in [2.75, 3.05) is 0 Å². The van der Waals surface area contributed by atoms with Crippen LogP contribution in [0.5, 0.6) is 0 Å². The van der Waals surface area contributed by atoms with Crippen molar-refractivity contribution < 1.29 is 49.5 Å². The molecule has 10 nitrogen and oxygen atoms in total. The highest BCUT2D eigenvalue weighted by molar-refractivity contribution is 6.44. The first-order chi connectivity index (χ1) is 11.0. The van der Waals surface area contributed by atoms with Gasteiger partial charge in [-0.3, -0.25) is 24.0 Å². The van der Waals surface area contributed by atoms with Crippen LogP contribution in [-0.4, -0.2) is 83.5 Å². The minimum atomic E-state index is -3.69. The van der Waals surface area contributed by atoms with Gasteiger partial charge >= 0.3 is 0 Å². The van der Waals surface area contributed by atoms with Gasteiger partial charge in [-0.2, -0.15) is 0 Å². The average Bonchev–Trinajstić information content (AvgIpc) is 2.49. The first-order valence-corrected chi connectivity index (χ1v) is 7.16. The summed E-state index contributed by atoms with van der Waals surface area (Å²) in [5.74, 6) is -8.21. The van der Waals surface area contributed by atoms with Gasteiger partial charge in [-0.25, -0.2) is 0 Å². The summed E-state index contributed by atoms with van der Waals surface area (Å²) in [5.41, 5.74) is -10.9. The van der Waals surface area contributed by atoms with Gasteiger partial charge in [0.25, 0.3) is 0 Å². The van der Waals surface area contributed by atoms with Gasteiger partial charge < -0.3 is 25.5 Å². The van der Waals surface area contributed by atoms with Crippen molar-refractivity contribution in [1.82, 2.24) is 0 Å². The normalized spacial score (nSPS) is 21.0. The lowest BCUT2D eigenvalue weighted by Gasteiger charge is -2.46. The quantitative estimate of drug-likeness (QED) is 0.207. The number of hydrogen-bond donors (Lipinski definition) is 5. The molecular formula is C15H22O10. The van der Waals surface area contributed by atoms with Crippen LogP contribution in [0.4, 0.5) is 0 Å². The molecule has 0 bridgehead atoms. The monoisotopic (exact) mass is 362 g/mol. The Balaban J connectivity index is 6.76. The molecule has 0 aliphatic rings. The molecule has 5 N–H and O–H groups in total. The van der Waals surface area contributed by atoms with Crippen molar-refractivity contribution in [3.8, 4) is 0 Å². The minimum Gasteiger partial charge on any atom is -0.390 e. The van der Waals surface area contributed by atoms with Gasteiger partial charge in [-0.15, -0.1) is 0 Å². The molecule has 142 valence electrons. The molecule has 0 saturated heterocycles. The van der Waals surface area contributed by atoms with E-state index in [4.69, 9.17) is 0 Å². The Kier molecular flexibility index (Phi) is 6.65. The summed E-state index contributed by atoms with van der Waals surface area (Å²) in [6.45, 7) is 3.18. The summed E-state index contributed by atoms with van der Waals surface area (Å²) in [4.78, 5) is 59.4. The fourth-order valence-corrected chi connectivity index (χ4v) is 2.43. The Bertz CT molecular complexity index is 620. The lowest BCUT2D eigenvalue weighted by molar-refractivity contribution is -0.225. The molecule has 0 aliphatic carbocycles. The van der Waals surface area contributed by atoms with Gasteiger partial charge in [0.2, 0.25) is 22.8 Å². The number of aliphatic hydroxyl groups excluding tert-OH is 2. The van der Waals surface area contributed by atoms with E-state index in [1.165, 1.54) is 0 Å². The molecule has 0 spiro atoms. The molecule has 0 saturated carbocycles. The predicted molar refractivity (Wildman–Crippen MR) is 80.3 cm³/mol. The van der Waals surface area contributed by atoms with Gasteiger partial charge in [0.1, 0.15) is 11.7 Å². The number of aliphatic hydroxyl groups is 5. The topological polar surface area (TPSA) is 186 Å². The maximum absolute atomic E-state index is 12.3. The zero-order valence-electron chi connectivity index (χ0n) is 14.4. The molecule has 2 unspecified atom stereocenters. The summed E-state index contributed by atoms with van der Waals surface area (Å²) in [6.07, 6.45) is -4.20. The number of carbonyl (C=O) groups is 5. The van der Waals surface area contributed by atoms with E-state index in [2.05, 4.69) is 0 Å². The van der Waals surface area contributed by atoms with Crippen molar-refractivity contribution >= 4 is 28.9 Å². The van der Waals surface area contributed by atoms with Crippen molar-refractivity contribution in [3.63, 3.8) is 0 Å². The molecule has 0 aliphatic heterocycles. The molecule has 0 amide bonds. The van der Waals surface area contributed by atoms with Crippen LogP contribution in [0.1, 0.15) is 34.6 Å². The molecule has 5 atom stereocenters. The maximum Gasteiger partial charge on any atom is 0.240 e. The van der Waals surface area contributed by atoms with E-state index in [1.807, 2.05) is 0 Å². The summed E-state index contributed by atoms with van der Waals surface area (Å²) in [5, 5.41) is 50.5. The first kappa shape index (κ1) is 23.1. The summed E-state index contributed by atoms with van der Waals surface area (Å²) < 4.78 is 0. The molecule has 25 heavy (non-hydrogen) atoms. The molecule has 0 heterocycles. The number of ketones is 5. The van der Waals surface area contributed by atoms with Crippen LogP contribution in [0.15, 0.2) is 0 Å². The van der Waals surface area contributed by atoms with Crippen molar-refractivity contribution in [3.05, 3.63) is 0 Å². The van der Waals surface area contributed by atoms with E-state index < -0.39 is 57.9 Å². The van der Waals surface area contributed by atoms with E-state index in [9.17, 15) is 49.5 Å². The van der Waals surface area contributed by atoms with E-state index in [1.54, 1.807) is 0 Å². The Hall–Kier alpha value is -1.85. The van der Waals surface area contributed by atoms with Crippen LogP contribution in [0.25, 0.3) is 0 Å². The van der Waals surface area contributed by atoms with Crippen LogP contribution < -0.4 is 0 Å². The Labute approximate surface area is 143 Å². The van der Waals surface area contributed by atoms with Crippen LogP contribution >= 0.6 is 0 Å². The van der Waals surface area contributed by atoms with Gasteiger partial charge in [-0.05, 0) is 27.7 Å². The van der Waals surface area contributed by atoms with Crippen LogP contribution in [0, 0.1) is 0 Å². The van der Waals surface area contributed by atoms with E-state index >= 15 is 0 Å². The largest absolute Gasteiger partial charge is 0.390 e. The summed E-state index contributed by atoms with van der Waals surface area (Å²) >= 11 is 0. The summed E-state index contributed by atoms with van der Waals surface area (Å²) in [7, 11) is 0. The van der Waals surface area contributed by atoms with Crippen molar-refractivity contribution in [1.29, 1.82) is 0 Å². The Morgan fingerprint density at radius 2 is 1.16 bits per heavy atom. The Morgan fingerprint density at radius 3 is 1.40 bits per heavy atom. The third kappa shape index (κ3) is 3.31. The first-order valence-electron chi connectivity index (χ1n) is 7.16. The molecule has 0 aromatic rings. The van der Waals surface area contributed by atoms with E-state index in [0.717, 1.165) is 6.92 Å². The summed E-state index contributed by atoms with van der Waals surface area (Å²) in [6, 6.07) is 0. The highest BCUT2D eigenvalue weighted by Crippen LogP contribution is 2.37. The average molecular weight is 362 g/mol. The zero-order chi connectivity index (χ0) is 20.5. The smallest absolute Gasteiger partial charge is 0.240 e. The molecule has 0 radical (unpaired) electrons. The minimum absolute atomic E-state index is 0.420. The van der Waals surface area contributed by atoms with Crippen LogP contribution in [-0.2, 0) is 24.0 Å². The van der Waals surface area contributed by atoms with Crippen molar-refractivity contribution in [2.45, 2.75) is 63.6 Å². The van der Waals surface area contributed by atoms with E-state index in [0.29, 0.717) is 27.7 Å². The SMILES string of the molecule is CC(=O)C(=O)[C@](O)(C(C)=O)[C@](C)(O)[C@](O)(C(C)=O)C(=O)C(O)C(C)O. The highest BCUT2D eigenvalue weighted by Gasteiger charge is 2.71. The molecule has 10 heteroatoms. The second-order valence-electron chi connectivity index (χ2n) is 6.04. The Morgan fingerprint density at radius 1 is 0.800 bits per heavy atom. The lowest BCUT2D eigenvalue weighted by atomic mass is 9.63. The van der Waals surface area contributed by atoms with E-state index in [-0.39, 0.29) is 0 Å². The van der Waals surface area contributed by atoms with Gasteiger partial charge in [0, 0.05) is 6.92 Å². The number of rotatable bonds is 9. The third-order valence-electron chi connectivity index (χ3n) is 4.16. The van der Waals surface area contributed by atoms with Gasteiger partial charge in [0.15, 0.2) is 17.3 Å². The number of Topliss-reactive ketones (excluding diaryl/α,β-unsaturated/α-hetero) is 5. The number of carbonyl (C=O) groups excluding carboxylic acids is 5. The van der Waals surface area contributed by atoms with Gasteiger partial charge in [-0.1, -0.05) is 0 Å². The second kappa shape index (κ2) is 7.18. The van der Waals surface area contributed by atoms with Crippen LogP contribution in [0.2, 0.25) is 0 Å². The molecule has 0 aromatic carbocycles. The maximum atomic E-state index is 12.3. The second-order valence-corrected chi connectivity index (χ2v) is 6.04.